The fourth-order valence-corrected chi connectivity index (χ4v) is 5.37. The van der Waals surface area contributed by atoms with Crippen LogP contribution in [0.15, 0.2) is 104 Å². The first-order valence-electron chi connectivity index (χ1n) is 11.6. The minimum Gasteiger partial charge on any atom is -0.497 e. The first kappa shape index (κ1) is 26.8. The van der Waals surface area contributed by atoms with E-state index in [0.29, 0.717) is 43.0 Å². The van der Waals surface area contributed by atoms with Crippen molar-refractivity contribution in [3.63, 3.8) is 0 Å². The zero-order valence-corrected chi connectivity index (χ0v) is 24.3. The van der Waals surface area contributed by atoms with Crippen molar-refractivity contribution in [1.29, 1.82) is 0 Å². The number of hydrazone groups is 1. The SMILES string of the molecule is COc1ccc(C=NNC(=O)c2ccc(-n3c(-c4ccc(Cl)cc4)nc4c(Br)cc(Br)cc4c3=O)cc2)cc1. The summed E-state index contributed by atoms with van der Waals surface area (Å²) in [5.74, 6) is 0.783. The van der Waals surface area contributed by atoms with Crippen LogP contribution in [0.5, 0.6) is 5.75 Å². The normalized spacial score (nSPS) is 11.2. The van der Waals surface area contributed by atoms with E-state index < -0.39 is 0 Å². The molecule has 1 heterocycles. The maximum atomic E-state index is 13.8. The number of methoxy groups -OCH3 is 1. The quantitative estimate of drug-likeness (QED) is 0.156. The monoisotopic (exact) mass is 664 g/mol. The Bertz CT molecular complexity index is 1770. The van der Waals surface area contributed by atoms with Crippen molar-refractivity contribution in [2.24, 2.45) is 5.10 Å². The molecule has 0 bridgehead atoms. The molecule has 1 N–H and O–H groups in total. The molecule has 5 rings (SSSR count). The molecule has 0 aliphatic heterocycles. The number of benzene rings is 4. The summed E-state index contributed by atoms with van der Waals surface area (Å²) in [6, 6.07) is 24.6. The molecular formula is C29H19Br2ClN4O3. The summed E-state index contributed by atoms with van der Waals surface area (Å²) in [7, 11) is 1.60. The van der Waals surface area contributed by atoms with Crippen molar-refractivity contribution in [1.82, 2.24) is 15.0 Å². The highest BCUT2D eigenvalue weighted by atomic mass is 79.9. The molecule has 0 fully saturated rings. The molecule has 0 saturated heterocycles. The molecule has 1 aromatic heterocycles. The van der Waals surface area contributed by atoms with Gasteiger partial charge in [-0.2, -0.15) is 5.10 Å². The number of nitrogens with zero attached hydrogens (tertiary/aromatic N) is 3. The van der Waals surface area contributed by atoms with Crippen LogP contribution in [0.1, 0.15) is 15.9 Å². The number of ether oxygens (including phenoxy) is 1. The maximum Gasteiger partial charge on any atom is 0.271 e. The van der Waals surface area contributed by atoms with Crippen LogP contribution in [-0.2, 0) is 0 Å². The van der Waals surface area contributed by atoms with E-state index in [0.717, 1.165) is 15.8 Å². The smallest absolute Gasteiger partial charge is 0.271 e. The largest absolute Gasteiger partial charge is 0.497 e. The lowest BCUT2D eigenvalue weighted by molar-refractivity contribution is 0.0955. The Morgan fingerprint density at radius 3 is 2.36 bits per heavy atom. The fraction of sp³-hybridized carbons (Fsp3) is 0.0345. The third-order valence-corrected chi connectivity index (χ3v) is 7.19. The number of amides is 1. The fourth-order valence-electron chi connectivity index (χ4n) is 3.93. The van der Waals surface area contributed by atoms with Gasteiger partial charge in [0, 0.05) is 25.1 Å². The first-order chi connectivity index (χ1) is 18.8. The van der Waals surface area contributed by atoms with E-state index in [-0.39, 0.29) is 11.5 Å². The van der Waals surface area contributed by atoms with Crippen LogP contribution in [0, 0.1) is 0 Å². The lowest BCUT2D eigenvalue weighted by Crippen LogP contribution is -2.22. The van der Waals surface area contributed by atoms with Gasteiger partial charge in [0.25, 0.3) is 11.5 Å². The molecule has 0 aliphatic rings. The van der Waals surface area contributed by atoms with Gasteiger partial charge in [-0.15, -0.1) is 0 Å². The van der Waals surface area contributed by atoms with E-state index in [2.05, 4.69) is 42.4 Å². The van der Waals surface area contributed by atoms with Crippen molar-refractivity contribution in [3.8, 4) is 22.8 Å². The lowest BCUT2D eigenvalue weighted by Gasteiger charge is -2.15. The zero-order valence-electron chi connectivity index (χ0n) is 20.4. The Hall–Kier alpha value is -3.79. The van der Waals surface area contributed by atoms with Gasteiger partial charge in [-0.25, -0.2) is 10.4 Å². The predicted molar refractivity (Wildman–Crippen MR) is 161 cm³/mol. The zero-order chi connectivity index (χ0) is 27.5. The highest BCUT2D eigenvalue weighted by molar-refractivity contribution is 9.11. The highest BCUT2D eigenvalue weighted by Crippen LogP contribution is 2.29. The third kappa shape index (κ3) is 5.80. The average Bonchev–Trinajstić information content (AvgIpc) is 2.94. The number of fused-ring (bicyclic) bond motifs is 1. The van der Waals surface area contributed by atoms with Gasteiger partial charge in [0.2, 0.25) is 0 Å². The molecular weight excluding hydrogens is 648 g/mol. The number of rotatable bonds is 6. The summed E-state index contributed by atoms with van der Waals surface area (Å²) in [5, 5.41) is 5.04. The molecule has 0 spiro atoms. The van der Waals surface area contributed by atoms with Gasteiger partial charge in [0.15, 0.2) is 0 Å². The van der Waals surface area contributed by atoms with Crippen molar-refractivity contribution in [3.05, 3.63) is 120 Å². The third-order valence-electron chi connectivity index (χ3n) is 5.88. The Labute approximate surface area is 245 Å². The summed E-state index contributed by atoms with van der Waals surface area (Å²) in [6.45, 7) is 0. The molecule has 7 nitrogen and oxygen atoms in total. The molecule has 194 valence electrons. The van der Waals surface area contributed by atoms with Crippen molar-refractivity contribution >= 4 is 66.5 Å². The molecule has 10 heteroatoms. The minimum atomic E-state index is -0.388. The van der Waals surface area contributed by atoms with Gasteiger partial charge in [-0.05, 0) is 106 Å². The van der Waals surface area contributed by atoms with Crippen LogP contribution < -0.4 is 15.7 Å². The molecule has 0 atom stereocenters. The van der Waals surface area contributed by atoms with Crippen molar-refractivity contribution < 1.29 is 9.53 Å². The lowest BCUT2D eigenvalue weighted by atomic mass is 10.1. The molecule has 0 aliphatic carbocycles. The van der Waals surface area contributed by atoms with Crippen molar-refractivity contribution in [2.75, 3.05) is 7.11 Å². The number of halogens is 3. The summed E-state index contributed by atoms with van der Waals surface area (Å²) >= 11 is 13.1. The van der Waals surface area contributed by atoms with Gasteiger partial charge < -0.3 is 4.74 Å². The van der Waals surface area contributed by atoms with E-state index in [1.807, 2.05) is 30.3 Å². The number of hydrogen-bond acceptors (Lipinski definition) is 5. The molecule has 0 radical (unpaired) electrons. The molecule has 1 amide bonds. The van der Waals surface area contributed by atoms with E-state index in [1.165, 1.54) is 4.57 Å². The highest BCUT2D eigenvalue weighted by Gasteiger charge is 2.17. The molecule has 5 aromatic rings. The number of hydrogen-bond donors (Lipinski definition) is 1. The van der Waals surface area contributed by atoms with Gasteiger partial charge in [0.05, 0.1) is 29.9 Å². The van der Waals surface area contributed by atoms with E-state index in [9.17, 15) is 9.59 Å². The summed E-state index contributed by atoms with van der Waals surface area (Å²) in [6.07, 6.45) is 1.54. The van der Waals surface area contributed by atoms with Crippen LogP contribution in [0.2, 0.25) is 5.02 Å². The van der Waals surface area contributed by atoms with Crippen LogP contribution >= 0.6 is 43.5 Å². The van der Waals surface area contributed by atoms with Crippen molar-refractivity contribution in [2.45, 2.75) is 0 Å². The van der Waals surface area contributed by atoms with Crippen LogP contribution in [0.4, 0.5) is 0 Å². The summed E-state index contributed by atoms with van der Waals surface area (Å²) < 4.78 is 8.09. The Morgan fingerprint density at radius 1 is 1.00 bits per heavy atom. The Balaban J connectivity index is 1.49. The number of carbonyl (C=O) groups is 1. The van der Waals surface area contributed by atoms with Crippen LogP contribution in [-0.4, -0.2) is 28.8 Å². The molecule has 0 unspecified atom stereocenters. The van der Waals surface area contributed by atoms with Gasteiger partial charge in [-0.3, -0.25) is 14.2 Å². The Kier molecular flexibility index (Phi) is 7.92. The number of carbonyl (C=O) groups excluding carboxylic acids is 1. The summed E-state index contributed by atoms with van der Waals surface area (Å²) in [5.41, 5.74) is 5.25. The van der Waals surface area contributed by atoms with Crippen LogP contribution in [0.25, 0.3) is 28.0 Å². The average molecular weight is 667 g/mol. The van der Waals surface area contributed by atoms with Gasteiger partial charge in [0.1, 0.15) is 11.6 Å². The second-order valence-electron chi connectivity index (χ2n) is 8.39. The van der Waals surface area contributed by atoms with Crippen LogP contribution in [0.3, 0.4) is 0 Å². The number of aromatic nitrogens is 2. The van der Waals surface area contributed by atoms with Gasteiger partial charge >= 0.3 is 0 Å². The Morgan fingerprint density at radius 2 is 1.69 bits per heavy atom. The van der Waals surface area contributed by atoms with E-state index >= 15 is 0 Å². The van der Waals surface area contributed by atoms with Gasteiger partial charge in [-0.1, -0.05) is 27.5 Å². The summed E-state index contributed by atoms with van der Waals surface area (Å²) in [4.78, 5) is 31.3. The first-order valence-corrected chi connectivity index (χ1v) is 13.6. The second-order valence-corrected chi connectivity index (χ2v) is 10.6. The predicted octanol–water partition coefficient (Wildman–Crippen LogP) is 7.00. The molecule has 4 aromatic carbocycles. The molecule has 0 saturated carbocycles. The van der Waals surface area contributed by atoms with E-state index in [4.69, 9.17) is 21.3 Å². The number of nitrogens with one attached hydrogen (secondary N) is 1. The molecule has 39 heavy (non-hydrogen) atoms. The minimum absolute atomic E-state index is 0.256. The topological polar surface area (TPSA) is 85.6 Å². The maximum absolute atomic E-state index is 13.8. The second kappa shape index (κ2) is 11.5. The van der Waals surface area contributed by atoms with E-state index in [1.54, 1.807) is 67.9 Å². The standard InChI is InChI=1S/C29H19Br2ClN4O3/c1-39-23-12-2-17(3-13-23)16-33-35-28(37)19-6-10-22(11-7-19)36-27(18-4-8-21(32)9-5-18)34-26-24(29(36)38)14-20(30)15-25(26)31/h2-16H,1H3,(H,35,37).